The first-order valence-corrected chi connectivity index (χ1v) is 46.0. The largest absolute Gasteiger partial charge is 1.00 e. The molecule has 1 N–H and O–H groups in total. The van der Waals surface area contributed by atoms with Crippen molar-refractivity contribution < 1.29 is 156 Å². The maximum Gasteiger partial charge on any atom is 1.00 e. The minimum Gasteiger partial charge on any atom is -0.850 e. The van der Waals surface area contributed by atoms with Crippen molar-refractivity contribution in [1.82, 2.24) is 30.1 Å². The van der Waals surface area contributed by atoms with Crippen LogP contribution in [0.4, 0.5) is 35.1 Å². The normalized spacial score (nSPS) is 12.5. The number of hydrogen-bond acceptors (Lipinski definition) is 17. The van der Waals surface area contributed by atoms with Crippen molar-refractivity contribution in [3.63, 3.8) is 0 Å². The van der Waals surface area contributed by atoms with Gasteiger partial charge in [-0.25, -0.2) is 15.0 Å². The van der Waals surface area contributed by atoms with Crippen LogP contribution >= 0.6 is 113 Å². The van der Waals surface area contributed by atoms with Gasteiger partial charge in [0.05, 0.1) is 105 Å². The van der Waals surface area contributed by atoms with Crippen molar-refractivity contribution in [2.24, 2.45) is 0 Å². The number of aromatic nitrogens is 3. The van der Waals surface area contributed by atoms with Crippen LogP contribution in [0.2, 0.25) is 48.3 Å². The smallest absolute Gasteiger partial charge is 0.850 e. The molecular weight excluding hydrogens is 2030 g/mol. The number of fused-ring (bicyclic) bond motifs is 3. The number of carbonyl (C=O) groups excluding carboxylic acids is 4. The molecule has 0 saturated heterocycles. The molecule has 3 aromatic heterocycles. The Morgan fingerprint density at radius 2 is 0.892 bits per heavy atom. The first-order chi connectivity index (χ1) is 61.2. The summed E-state index contributed by atoms with van der Waals surface area (Å²) in [6, 6.07) is 37.2. The summed E-state index contributed by atoms with van der Waals surface area (Å²) in [7, 11) is -0.889. The van der Waals surface area contributed by atoms with Crippen LogP contribution in [-0.2, 0) is 83.2 Å². The number of alkyl halides is 9. The average Bonchev–Trinajstić information content (AvgIpc) is 0.767. The number of methoxy groups -OCH3 is 2. The topological polar surface area (TPSA) is 232 Å². The number of pyridine rings is 3. The maximum absolute atomic E-state index is 13.6. The Bertz CT molecular complexity index is 5280. The van der Waals surface area contributed by atoms with Crippen LogP contribution in [0.1, 0.15) is 156 Å². The van der Waals surface area contributed by atoms with Crippen LogP contribution in [0.25, 0.3) is 0 Å². The molecule has 6 heterocycles. The van der Waals surface area contributed by atoms with Crippen LogP contribution in [0.5, 0.6) is 34.9 Å². The Balaban J connectivity index is 0.000000433. The monoisotopic (exact) mass is 2130 g/mol. The van der Waals surface area contributed by atoms with Crippen LogP contribution < -0.4 is 90.2 Å². The molecule has 0 atom stereocenters. The first-order valence-electron chi connectivity index (χ1n) is 40.1. The zero-order chi connectivity index (χ0) is 97.2. The Labute approximate surface area is 851 Å². The van der Waals surface area contributed by atoms with Gasteiger partial charge < -0.3 is 62.5 Å². The molecule has 3 amide bonds. The molecule has 704 valence electrons. The van der Waals surface area contributed by atoms with E-state index in [0.29, 0.717) is 106 Å². The first kappa shape index (κ1) is 114. The molecule has 130 heavy (non-hydrogen) atoms. The predicted octanol–water partition coefficient (Wildman–Crippen LogP) is 22.1. The molecule has 0 saturated carbocycles. The van der Waals surface area contributed by atoms with Crippen molar-refractivity contribution in [2.75, 3.05) is 48.2 Å². The molecule has 0 spiro atoms. The van der Waals surface area contributed by atoms with Gasteiger partial charge in [-0.15, -0.1) is 17.2 Å². The van der Waals surface area contributed by atoms with Gasteiger partial charge in [-0.1, -0.05) is 210 Å². The summed E-state index contributed by atoms with van der Waals surface area (Å²) in [4.78, 5) is 66.3. The third-order valence-electron chi connectivity index (χ3n) is 18.7. The number of amides is 3. The second-order valence-electron chi connectivity index (χ2n) is 30.2. The molecule has 0 aliphatic carbocycles. The number of benzene rings is 6. The van der Waals surface area contributed by atoms with Crippen LogP contribution in [0.15, 0.2) is 149 Å². The minimum absolute atomic E-state index is 0. The van der Waals surface area contributed by atoms with Gasteiger partial charge >= 0.3 is 77.2 Å². The fourth-order valence-corrected chi connectivity index (χ4v) is 15.9. The van der Waals surface area contributed by atoms with Crippen LogP contribution in [-0.4, -0.2) is 130 Å². The molecule has 0 radical (unpaired) electrons. The van der Waals surface area contributed by atoms with Gasteiger partial charge in [0.25, 0.3) is 32.0 Å². The number of nitrogens with one attached hydrogen (secondary N) is 1. The molecule has 0 unspecified atom stereocenters. The molecule has 9 aromatic rings. The summed E-state index contributed by atoms with van der Waals surface area (Å²) in [5, 5.41) is 15.1. The van der Waals surface area contributed by atoms with Crippen LogP contribution in [0.3, 0.4) is 0 Å². The number of hydrogen-bond donors (Lipinski definition) is 1. The van der Waals surface area contributed by atoms with E-state index < -0.39 is 59.9 Å². The molecule has 3 aliphatic rings. The third kappa shape index (κ3) is 36.0. The zero-order valence-electron chi connectivity index (χ0n) is 75.0. The van der Waals surface area contributed by atoms with Crippen molar-refractivity contribution in [3.8, 4) is 34.9 Å². The quantitative estimate of drug-likeness (QED) is 0.0140. The van der Waals surface area contributed by atoms with E-state index in [1.54, 1.807) is 66.9 Å². The van der Waals surface area contributed by atoms with E-state index in [2.05, 4.69) is 97.3 Å². The van der Waals surface area contributed by atoms with E-state index in [4.69, 9.17) is 122 Å². The van der Waals surface area contributed by atoms with E-state index >= 15 is 0 Å². The molecule has 20 nitrogen and oxygen atoms in total. The Morgan fingerprint density at radius 3 is 1.23 bits per heavy atom. The van der Waals surface area contributed by atoms with E-state index in [9.17, 15) is 59.4 Å². The molecule has 39 heteroatoms. The molecule has 0 fully saturated rings. The van der Waals surface area contributed by atoms with Gasteiger partial charge in [-0.2, -0.15) is 26.3 Å². The number of rotatable bonds is 25. The summed E-state index contributed by atoms with van der Waals surface area (Å²) >= 11 is 50.1. The van der Waals surface area contributed by atoms with Crippen LogP contribution in [0, 0.1) is 20.8 Å². The molecule has 12 rings (SSSR count). The van der Waals surface area contributed by atoms with E-state index in [0.717, 1.165) is 28.7 Å². The Hall–Kier alpha value is -6.97. The van der Waals surface area contributed by atoms with Crippen molar-refractivity contribution in [3.05, 3.63) is 268 Å². The fourth-order valence-electron chi connectivity index (χ4n) is 11.8. The van der Waals surface area contributed by atoms with Crippen molar-refractivity contribution >= 4 is 145 Å². The minimum atomic E-state index is -3.09. The van der Waals surface area contributed by atoms with E-state index in [-0.39, 0.29) is 195 Å². The standard InChI is InChI=1S/C27H24Cl2F2N2O5.C24H19BrCl2F2N2O3.C15H14ClF2NO2.C9H6BrCl2NO.C9H20O2Si.C4H9O.2CH3F.CH4.K/c1-15-10-21(38-27(30)31)19(25(32-15)37-14-16-6-4-3-5-7-16)13-33-9-8-18-20(28)11-17(12-22(34)36-2)24(29)23(18)26(33)35;1-13-9-19(34-24(28)29)16(22(30-13)33-12-14-5-3-2-4-6-14)11-31-8-7-15-18(26)10-17(25)21(27)20(15)23(31)32;1-10-7-13(21-15(17)18)12(8-16)14(19-10)20-9-11-5-3-2-4-6-11;10-5-3-6(11)4-1-2-13-9(14)7(4)8(5)12;1-8(10-5)11-12(6,7)9(2,3)4;1-4(2,3)5;2*1-2;;/h3-7,10-11,27H,8-9,12-14H2,1-2H3;2-6,9-10,24H,7-8,11-12H2,1H3;2-7,15H,8-9H2,1H3;3H,1-2H2,(H,13,14);1H2,2-7H3;1-3H3;2*1H3;1H4;/q;;;;;-1;;;;+1/i;;;;;;2*1D;;. The summed E-state index contributed by atoms with van der Waals surface area (Å²) < 4.78 is 157. The zero-order valence-corrected chi connectivity index (χ0v) is 85.6. The van der Waals surface area contributed by atoms with Crippen molar-refractivity contribution in [2.45, 2.75) is 178 Å². The van der Waals surface area contributed by atoms with Gasteiger partial charge in [0, 0.05) is 78.9 Å². The molecular formula is C91H102Br2Cl7F8KN6O14Si. The predicted molar refractivity (Wildman–Crippen MR) is 497 cm³/mol. The molecule has 0 bridgehead atoms. The van der Waals surface area contributed by atoms with Gasteiger partial charge in [0.15, 0.2) is 0 Å². The number of esters is 1. The number of ether oxygens (including phenoxy) is 8. The summed E-state index contributed by atoms with van der Waals surface area (Å²) in [5.74, 6) is -0.957. The third-order valence-corrected chi connectivity index (χ3v) is 27.3. The Kier molecular flexibility index (Phi) is 49.3. The van der Waals surface area contributed by atoms with Gasteiger partial charge in [0.2, 0.25) is 17.6 Å². The Morgan fingerprint density at radius 1 is 0.562 bits per heavy atom. The van der Waals surface area contributed by atoms with Gasteiger partial charge in [-0.05, 0) is 154 Å². The molecule has 6 aromatic carbocycles. The number of halogens is 17. The van der Waals surface area contributed by atoms with Gasteiger partial charge in [-0.3, -0.25) is 28.0 Å². The number of aryl methyl sites for hydroxylation is 3. The number of nitrogens with zero attached hydrogens (tertiary/aromatic N) is 5. The second-order valence-corrected chi connectivity index (χ2v) is 39.2. The van der Waals surface area contributed by atoms with E-state index in [1.165, 1.54) is 35.1 Å². The second kappa shape index (κ2) is 56.4. The summed E-state index contributed by atoms with van der Waals surface area (Å²) in [5.41, 5.74) is 7.38. The summed E-state index contributed by atoms with van der Waals surface area (Å²) in [6.45, 7) is 16.9. The van der Waals surface area contributed by atoms with E-state index in [1.807, 2.05) is 91.0 Å². The number of carbonyl (C=O) groups is 4. The maximum atomic E-state index is 13.6. The van der Waals surface area contributed by atoms with Crippen molar-refractivity contribution in [1.29, 1.82) is 0 Å². The molecule has 3 aliphatic heterocycles. The summed E-state index contributed by atoms with van der Waals surface area (Å²) in [6.07, 6.45) is 1.38. The average molecular weight is 2130 g/mol. The fraction of sp³-hybridized carbons (Fsp3) is 0.374. The van der Waals surface area contributed by atoms with Gasteiger partial charge in [0.1, 0.15) is 37.1 Å². The SMILES string of the molecule is C.C=C(OC)O[Si](C)(C)C(C)(C)C.CC(C)(C)[O-].COC(=O)Cc1cc(Cl)c2c(c1Cl)C(=O)N(Cc1c(OC(F)F)cc(C)nc1OCc1ccccc1)CC2.Cc1cc(OC(F)F)c(CCl)c(OCc2ccccc2)n1.Cc1cc(OC(F)F)c(CN2CCc3c(Cl)cc(Br)c(Cl)c3C2=O)c(OCc2ccccc2)n1.O=C1NCCc2c(Cl)cc(Br)c(Cl)c21.[2H]CF.[2H]CF.[K+].